The molecule has 0 bridgehead atoms. The maximum atomic E-state index is 12.3. The van der Waals surface area contributed by atoms with E-state index in [9.17, 15) is 4.79 Å². The quantitative estimate of drug-likeness (QED) is 0.657. The molecule has 0 aliphatic rings. The maximum absolute atomic E-state index is 12.3. The lowest BCUT2D eigenvalue weighted by molar-refractivity contribution is -0.118. The van der Waals surface area contributed by atoms with Crippen LogP contribution in [0.15, 0.2) is 28.7 Å². The Labute approximate surface area is 171 Å². The fraction of sp³-hybridized carbons (Fsp3) is 0.263. The summed E-state index contributed by atoms with van der Waals surface area (Å²) in [5, 5.41) is 12.3. The van der Waals surface area contributed by atoms with Crippen LogP contribution in [0.1, 0.15) is 18.1 Å². The van der Waals surface area contributed by atoms with Crippen LogP contribution in [0, 0.1) is 18.3 Å². The van der Waals surface area contributed by atoms with Crippen LogP contribution in [0.25, 0.3) is 0 Å². The minimum atomic E-state index is -0.381. The van der Waals surface area contributed by atoms with Crippen LogP contribution in [0.5, 0.6) is 17.2 Å². The van der Waals surface area contributed by atoms with Crippen LogP contribution < -0.4 is 19.5 Å². The first-order valence-electron chi connectivity index (χ1n) is 8.02. The van der Waals surface area contributed by atoms with Gasteiger partial charge in [-0.05, 0) is 47.5 Å². The largest absolute Gasteiger partial charge is 0.495 e. The third-order valence-electron chi connectivity index (χ3n) is 3.54. The van der Waals surface area contributed by atoms with Gasteiger partial charge < -0.3 is 19.5 Å². The molecule has 27 heavy (non-hydrogen) atoms. The zero-order valence-corrected chi connectivity index (χ0v) is 17.4. The fourth-order valence-corrected chi connectivity index (χ4v) is 3.00. The van der Waals surface area contributed by atoms with Gasteiger partial charge in [0.2, 0.25) is 0 Å². The summed E-state index contributed by atoms with van der Waals surface area (Å²) in [7, 11) is 1.50. The van der Waals surface area contributed by atoms with Gasteiger partial charge >= 0.3 is 0 Å². The normalized spacial score (nSPS) is 10.1. The summed E-state index contributed by atoms with van der Waals surface area (Å²) >= 11 is 9.42. The molecule has 1 amide bonds. The highest BCUT2D eigenvalue weighted by molar-refractivity contribution is 9.10. The van der Waals surface area contributed by atoms with Crippen LogP contribution in [0.2, 0.25) is 5.02 Å². The van der Waals surface area contributed by atoms with E-state index < -0.39 is 0 Å². The van der Waals surface area contributed by atoms with E-state index in [-0.39, 0.29) is 12.5 Å². The molecular weight excluding hydrogens is 436 g/mol. The van der Waals surface area contributed by atoms with Crippen LogP contribution in [0.3, 0.4) is 0 Å². The monoisotopic (exact) mass is 452 g/mol. The van der Waals surface area contributed by atoms with E-state index in [0.717, 1.165) is 5.56 Å². The van der Waals surface area contributed by atoms with E-state index in [1.165, 1.54) is 7.11 Å². The molecule has 2 aromatic carbocycles. The van der Waals surface area contributed by atoms with E-state index in [1.54, 1.807) is 24.3 Å². The number of hydrogen-bond donors (Lipinski definition) is 1. The molecule has 0 aliphatic heterocycles. The van der Waals surface area contributed by atoms with Crippen LogP contribution in [0.4, 0.5) is 5.69 Å². The molecule has 0 heterocycles. The zero-order chi connectivity index (χ0) is 20.0. The van der Waals surface area contributed by atoms with E-state index in [4.69, 9.17) is 31.1 Å². The number of aryl methyl sites for hydroxylation is 1. The lowest BCUT2D eigenvalue weighted by Gasteiger charge is -2.15. The lowest BCUT2D eigenvalue weighted by Crippen LogP contribution is -2.21. The maximum Gasteiger partial charge on any atom is 0.262 e. The first kappa shape index (κ1) is 20.9. The Kier molecular flexibility index (Phi) is 7.34. The Balaban J connectivity index is 2.15. The summed E-state index contributed by atoms with van der Waals surface area (Å²) in [4.78, 5) is 12.3. The van der Waals surface area contributed by atoms with Crippen LogP contribution in [-0.4, -0.2) is 26.2 Å². The Morgan fingerprint density at radius 1 is 1.26 bits per heavy atom. The summed E-state index contributed by atoms with van der Waals surface area (Å²) in [5.41, 5.74) is 1.72. The molecular formula is C19H18BrClN2O4. The second kappa shape index (κ2) is 9.49. The SMILES string of the molecule is CCOc1cc(C#N)cc(Br)c1OCC(=O)Nc1cc(C)c(Cl)cc1OC. The number of carbonyl (C=O) groups is 1. The smallest absolute Gasteiger partial charge is 0.262 e. The number of methoxy groups -OCH3 is 1. The van der Waals surface area contributed by atoms with E-state index in [1.807, 2.05) is 19.9 Å². The third-order valence-corrected chi connectivity index (χ3v) is 4.54. The number of ether oxygens (including phenoxy) is 3. The molecule has 0 radical (unpaired) electrons. The molecule has 2 aromatic rings. The van der Waals surface area contributed by atoms with E-state index in [0.29, 0.717) is 44.6 Å². The fourth-order valence-electron chi connectivity index (χ4n) is 2.29. The highest BCUT2D eigenvalue weighted by Crippen LogP contribution is 2.37. The number of nitriles is 1. The van der Waals surface area contributed by atoms with Gasteiger partial charge in [-0.3, -0.25) is 4.79 Å². The van der Waals surface area contributed by atoms with Crippen molar-refractivity contribution >= 4 is 39.1 Å². The minimum absolute atomic E-state index is 0.255. The van der Waals surface area contributed by atoms with Crippen molar-refractivity contribution in [1.29, 1.82) is 5.26 Å². The Morgan fingerprint density at radius 3 is 2.63 bits per heavy atom. The number of halogens is 2. The minimum Gasteiger partial charge on any atom is -0.495 e. The molecule has 2 rings (SSSR count). The van der Waals surface area contributed by atoms with Crippen molar-refractivity contribution in [2.24, 2.45) is 0 Å². The summed E-state index contributed by atoms with van der Waals surface area (Å²) in [6.45, 7) is 3.79. The molecule has 1 N–H and O–H groups in total. The van der Waals surface area contributed by atoms with Gasteiger partial charge in [-0.15, -0.1) is 0 Å². The molecule has 142 valence electrons. The van der Waals surface area contributed by atoms with Crippen molar-refractivity contribution in [3.63, 3.8) is 0 Å². The second-order valence-corrected chi connectivity index (χ2v) is 6.73. The van der Waals surface area contributed by atoms with E-state index in [2.05, 4.69) is 21.2 Å². The Morgan fingerprint density at radius 2 is 2.00 bits per heavy atom. The summed E-state index contributed by atoms with van der Waals surface area (Å²) in [6, 6.07) is 8.57. The molecule has 0 saturated carbocycles. The first-order valence-corrected chi connectivity index (χ1v) is 9.19. The van der Waals surface area contributed by atoms with Gasteiger partial charge in [0.1, 0.15) is 5.75 Å². The van der Waals surface area contributed by atoms with Gasteiger partial charge in [-0.25, -0.2) is 0 Å². The van der Waals surface area contributed by atoms with Gasteiger partial charge in [-0.2, -0.15) is 5.26 Å². The van der Waals surface area contributed by atoms with Crippen molar-refractivity contribution in [2.75, 3.05) is 25.6 Å². The number of rotatable bonds is 7. The third kappa shape index (κ3) is 5.28. The highest BCUT2D eigenvalue weighted by atomic mass is 79.9. The number of hydrogen-bond acceptors (Lipinski definition) is 5. The molecule has 0 aromatic heterocycles. The van der Waals surface area contributed by atoms with Gasteiger partial charge in [0.05, 0.1) is 35.5 Å². The predicted molar refractivity (Wildman–Crippen MR) is 107 cm³/mol. The molecule has 0 fully saturated rings. The number of nitrogens with zero attached hydrogens (tertiary/aromatic N) is 1. The van der Waals surface area contributed by atoms with Crippen molar-refractivity contribution < 1.29 is 19.0 Å². The molecule has 0 spiro atoms. The summed E-state index contributed by atoms with van der Waals surface area (Å²) in [5.74, 6) is 0.809. The number of anilines is 1. The second-order valence-electron chi connectivity index (χ2n) is 5.47. The average molecular weight is 454 g/mol. The summed E-state index contributed by atoms with van der Waals surface area (Å²) < 4.78 is 16.9. The van der Waals surface area contributed by atoms with Gasteiger partial charge in [0.15, 0.2) is 18.1 Å². The van der Waals surface area contributed by atoms with E-state index >= 15 is 0 Å². The summed E-state index contributed by atoms with van der Waals surface area (Å²) in [6.07, 6.45) is 0. The van der Waals surface area contributed by atoms with Crippen molar-refractivity contribution in [2.45, 2.75) is 13.8 Å². The number of amides is 1. The van der Waals surface area contributed by atoms with Crippen molar-refractivity contribution in [3.05, 3.63) is 44.9 Å². The Hall–Kier alpha value is -2.43. The van der Waals surface area contributed by atoms with Crippen molar-refractivity contribution in [3.8, 4) is 23.3 Å². The molecule has 8 heteroatoms. The van der Waals surface area contributed by atoms with Crippen LogP contribution in [-0.2, 0) is 4.79 Å². The van der Waals surface area contributed by atoms with Gasteiger partial charge in [-0.1, -0.05) is 11.6 Å². The number of nitrogens with one attached hydrogen (secondary N) is 1. The molecule has 0 unspecified atom stereocenters. The highest BCUT2D eigenvalue weighted by Gasteiger charge is 2.15. The van der Waals surface area contributed by atoms with Gasteiger partial charge in [0, 0.05) is 17.2 Å². The topological polar surface area (TPSA) is 80.6 Å². The molecule has 6 nitrogen and oxygen atoms in total. The lowest BCUT2D eigenvalue weighted by atomic mass is 10.2. The first-order chi connectivity index (χ1) is 12.9. The zero-order valence-electron chi connectivity index (χ0n) is 15.1. The average Bonchev–Trinajstić information content (AvgIpc) is 2.63. The molecule has 0 atom stereocenters. The van der Waals surface area contributed by atoms with Gasteiger partial charge in [0.25, 0.3) is 5.91 Å². The van der Waals surface area contributed by atoms with Crippen molar-refractivity contribution in [1.82, 2.24) is 0 Å². The predicted octanol–water partition coefficient (Wildman–Crippen LogP) is 4.71. The molecule has 0 saturated heterocycles. The number of benzene rings is 2. The Bertz CT molecular complexity index is 896. The van der Waals surface area contributed by atoms with Crippen LogP contribution >= 0.6 is 27.5 Å². The molecule has 0 aliphatic carbocycles. The number of carbonyl (C=O) groups excluding carboxylic acids is 1. The standard InChI is InChI=1S/C19H18BrClN2O4/c1-4-26-17-7-12(9-22)6-13(20)19(17)27-10-18(24)23-15-5-11(2)14(21)8-16(15)25-3/h5-8H,4,10H2,1-3H3,(H,23,24).